The van der Waals surface area contributed by atoms with Gasteiger partial charge in [-0.05, 0) is 37.3 Å². The number of fused-ring (bicyclic) bond motifs is 1. The van der Waals surface area contributed by atoms with Crippen LogP contribution in [0.15, 0.2) is 30.3 Å². The molecule has 0 N–H and O–H groups in total. The van der Waals surface area contributed by atoms with Crippen LogP contribution in [-0.2, 0) is 0 Å². The number of nitrogens with zero attached hydrogens (tertiary/aromatic N) is 2. The van der Waals surface area contributed by atoms with Crippen molar-refractivity contribution in [2.24, 2.45) is 5.92 Å². The number of benzene rings is 1. The van der Waals surface area contributed by atoms with E-state index in [1.54, 1.807) is 0 Å². The topological polar surface area (TPSA) is 6.48 Å². The maximum atomic E-state index is 2.84. The summed E-state index contributed by atoms with van der Waals surface area (Å²) in [7, 11) is 0. The van der Waals surface area contributed by atoms with Gasteiger partial charge in [-0.3, -0.25) is 9.80 Å². The van der Waals surface area contributed by atoms with Crippen LogP contribution in [0.5, 0.6) is 0 Å². The molecule has 1 aliphatic carbocycles. The number of hydrogen-bond acceptors (Lipinski definition) is 2. The normalized spacial score (nSPS) is 38.5. The molecular formula is C18H26N2. The van der Waals surface area contributed by atoms with Crippen LogP contribution in [-0.4, -0.2) is 41.5 Å². The fourth-order valence-corrected chi connectivity index (χ4v) is 4.31. The molecular weight excluding hydrogens is 244 g/mol. The van der Waals surface area contributed by atoms with E-state index in [9.17, 15) is 0 Å². The van der Waals surface area contributed by atoms with E-state index in [0.717, 1.165) is 18.0 Å². The van der Waals surface area contributed by atoms with E-state index in [4.69, 9.17) is 0 Å². The molecule has 4 unspecified atom stereocenters. The Hall–Kier alpha value is -0.860. The molecule has 1 aromatic carbocycles. The molecule has 4 rings (SSSR count). The number of piperazine rings is 1. The lowest BCUT2D eigenvalue weighted by molar-refractivity contribution is 0.00117. The highest BCUT2D eigenvalue weighted by Gasteiger charge is 2.45. The molecule has 0 spiro atoms. The van der Waals surface area contributed by atoms with Gasteiger partial charge in [-0.25, -0.2) is 0 Å². The van der Waals surface area contributed by atoms with Gasteiger partial charge in [0.05, 0.1) is 0 Å². The predicted octanol–water partition coefficient (Wildman–Crippen LogP) is 3.31. The van der Waals surface area contributed by atoms with Crippen LogP contribution in [0.4, 0.5) is 0 Å². The fraction of sp³-hybridized carbons (Fsp3) is 0.667. The van der Waals surface area contributed by atoms with Crippen LogP contribution in [0.3, 0.4) is 0 Å². The second-order valence-electron chi connectivity index (χ2n) is 7.05. The molecule has 2 aliphatic heterocycles. The number of rotatable bonds is 2. The van der Waals surface area contributed by atoms with Crippen LogP contribution < -0.4 is 0 Å². The van der Waals surface area contributed by atoms with Crippen molar-refractivity contribution < 1.29 is 0 Å². The molecule has 0 aromatic heterocycles. The van der Waals surface area contributed by atoms with Crippen molar-refractivity contribution in [2.75, 3.05) is 19.6 Å². The molecule has 1 saturated carbocycles. The highest BCUT2D eigenvalue weighted by molar-refractivity contribution is 5.21. The van der Waals surface area contributed by atoms with E-state index in [1.165, 1.54) is 50.9 Å². The summed E-state index contributed by atoms with van der Waals surface area (Å²) in [5.41, 5.74) is 1.52. The van der Waals surface area contributed by atoms with Crippen LogP contribution in [0.25, 0.3) is 0 Å². The molecule has 3 aliphatic rings. The quantitative estimate of drug-likeness (QED) is 0.813. The predicted molar refractivity (Wildman–Crippen MR) is 82.7 cm³/mol. The molecule has 3 fully saturated rings. The Morgan fingerprint density at radius 2 is 1.85 bits per heavy atom. The van der Waals surface area contributed by atoms with E-state index in [0.29, 0.717) is 6.04 Å². The molecule has 2 saturated heterocycles. The van der Waals surface area contributed by atoms with Gasteiger partial charge in [0.1, 0.15) is 0 Å². The third kappa shape index (κ3) is 2.29. The monoisotopic (exact) mass is 270 g/mol. The Morgan fingerprint density at radius 1 is 1.05 bits per heavy atom. The van der Waals surface area contributed by atoms with Crippen molar-refractivity contribution in [3.8, 4) is 0 Å². The largest absolute Gasteiger partial charge is 0.297 e. The summed E-state index contributed by atoms with van der Waals surface area (Å²) in [5.74, 6) is 0.913. The van der Waals surface area contributed by atoms with Gasteiger partial charge in [-0.15, -0.1) is 0 Å². The molecule has 1 aromatic rings. The lowest BCUT2D eigenvalue weighted by atomic mass is 9.93. The molecule has 20 heavy (non-hydrogen) atoms. The lowest BCUT2D eigenvalue weighted by Gasteiger charge is -2.49. The summed E-state index contributed by atoms with van der Waals surface area (Å²) in [6.07, 6.45) is 5.66. The third-order valence-corrected chi connectivity index (χ3v) is 5.66. The van der Waals surface area contributed by atoms with Crippen molar-refractivity contribution >= 4 is 0 Å². The van der Waals surface area contributed by atoms with Crippen molar-refractivity contribution in [2.45, 2.75) is 50.7 Å². The van der Waals surface area contributed by atoms with E-state index >= 15 is 0 Å². The number of hydrogen-bond donors (Lipinski definition) is 0. The average Bonchev–Trinajstić information content (AvgIpc) is 3.23. The summed E-state index contributed by atoms with van der Waals surface area (Å²) in [5, 5.41) is 0. The van der Waals surface area contributed by atoms with Gasteiger partial charge in [-0.2, -0.15) is 0 Å². The van der Waals surface area contributed by atoms with Crippen molar-refractivity contribution in [3.63, 3.8) is 0 Å². The molecule has 0 amide bonds. The van der Waals surface area contributed by atoms with E-state index in [2.05, 4.69) is 47.1 Å². The van der Waals surface area contributed by atoms with Crippen molar-refractivity contribution in [3.05, 3.63) is 35.9 Å². The first-order chi connectivity index (χ1) is 9.83. The first kappa shape index (κ1) is 12.8. The second-order valence-corrected chi connectivity index (χ2v) is 7.05. The summed E-state index contributed by atoms with van der Waals surface area (Å²) in [6, 6.07) is 13.5. The van der Waals surface area contributed by atoms with Gasteiger partial charge in [-0.1, -0.05) is 43.7 Å². The summed E-state index contributed by atoms with van der Waals surface area (Å²) >= 11 is 0. The molecule has 0 radical (unpaired) electrons. The van der Waals surface area contributed by atoms with Gasteiger partial charge < -0.3 is 0 Å². The van der Waals surface area contributed by atoms with Crippen molar-refractivity contribution in [1.29, 1.82) is 0 Å². The molecule has 4 atom stereocenters. The van der Waals surface area contributed by atoms with Crippen LogP contribution in [0, 0.1) is 5.92 Å². The highest BCUT2D eigenvalue weighted by atomic mass is 15.3. The average molecular weight is 270 g/mol. The smallest absolute Gasteiger partial charge is 0.0479 e. The molecule has 2 heteroatoms. The first-order valence-corrected chi connectivity index (χ1v) is 8.37. The van der Waals surface area contributed by atoms with Crippen LogP contribution >= 0.6 is 0 Å². The Kier molecular flexibility index (Phi) is 3.31. The maximum absolute atomic E-state index is 2.84. The number of piperidine rings is 1. The fourth-order valence-electron chi connectivity index (χ4n) is 4.31. The van der Waals surface area contributed by atoms with E-state index in [1.807, 2.05) is 0 Å². The minimum atomic E-state index is 0.625. The van der Waals surface area contributed by atoms with Gasteiger partial charge >= 0.3 is 0 Å². The summed E-state index contributed by atoms with van der Waals surface area (Å²) in [6.45, 7) is 6.29. The van der Waals surface area contributed by atoms with E-state index in [-0.39, 0.29) is 0 Å². The van der Waals surface area contributed by atoms with Crippen molar-refractivity contribution in [1.82, 2.24) is 9.80 Å². The maximum Gasteiger partial charge on any atom is 0.0479 e. The van der Waals surface area contributed by atoms with Gasteiger partial charge in [0.15, 0.2) is 0 Å². The molecule has 2 heterocycles. The SMILES string of the molecule is CC1CC1N1CC2CCCCN2CC1c1ccccc1. The molecule has 2 nitrogen and oxygen atoms in total. The van der Waals surface area contributed by atoms with Gasteiger partial charge in [0, 0.05) is 31.2 Å². The van der Waals surface area contributed by atoms with E-state index < -0.39 is 0 Å². The Morgan fingerprint density at radius 3 is 2.60 bits per heavy atom. The minimum absolute atomic E-state index is 0.625. The molecule has 0 bridgehead atoms. The Balaban J connectivity index is 1.60. The van der Waals surface area contributed by atoms with Gasteiger partial charge in [0.25, 0.3) is 0 Å². The molecule has 108 valence electrons. The standard InChI is InChI=1S/C18H26N2/c1-14-11-17(14)20-12-16-9-5-6-10-19(16)13-18(20)15-7-3-2-4-8-15/h2-4,7-8,14,16-18H,5-6,9-13H2,1H3. The van der Waals surface area contributed by atoms with Gasteiger partial charge in [0.2, 0.25) is 0 Å². The minimum Gasteiger partial charge on any atom is -0.297 e. The zero-order valence-corrected chi connectivity index (χ0v) is 12.5. The van der Waals surface area contributed by atoms with Crippen LogP contribution in [0.1, 0.15) is 44.2 Å². The first-order valence-electron chi connectivity index (χ1n) is 8.37. The zero-order chi connectivity index (χ0) is 13.5. The lowest BCUT2D eigenvalue weighted by Crippen LogP contribution is -2.56. The highest BCUT2D eigenvalue weighted by Crippen LogP contribution is 2.43. The second kappa shape index (κ2) is 5.16. The summed E-state index contributed by atoms with van der Waals surface area (Å²) < 4.78 is 0. The van der Waals surface area contributed by atoms with Crippen LogP contribution in [0.2, 0.25) is 0 Å². The zero-order valence-electron chi connectivity index (χ0n) is 12.5. The summed E-state index contributed by atoms with van der Waals surface area (Å²) in [4.78, 5) is 5.61. The third-order valence-electron chi connectivity index (χ3n) is 5.66. The Bertz CT molecular complexity index is 458. The Labute approximate surface area is 122 Å².